The Labute approximate surface area is 174 Å². The molecule has 1 atom stereocenters. The van der Waals surface area contributed by atoms with Gasteiger partial charge in [-0.2, -0.15) is 13.2 Å². The molecule has 2 aromatic rings. The van der Waals surface area contributed by atoms with Gasteiger partial charge in [0.15, 0.2) is 5.60 Å². The largest absolute Gasteiger partial charge is 0.423 e. The summed E-state index contributed by atoms with van der Waals surface area (Å²) < 4.78 is 51.0. The Balaban J connectivity index is 2.35. The lowest BCUT2D eigenvalue weighted by Crippen LogP contribution is -2.61. The Morgan fingerprint density at radius 1 is 0.967 bits per heavy atom. The monoisotopic (exact) mass is 424 g/mol. The summed E-state index contributed by atoms with van der Waals surface area (Å²) in [5.41, 5.74) is -5.17. The number of aliphatic hydroxyl groups is 1. The number of alkyl halides is 3. The molecule has 0 fully saturated rings. The predicted octanol–water partition coefficient (Wildman–Crippen LogP) is 5.66. The van der Waals surface area contributed by atoms with Crippen molar-refractivity contribution < 1.29 is 32.5 Å². The molecule has 7 heteroatoms. The molecule has 0 aliphatic heterocycles. The average molecular weight is 424 g/mol. The maximum Gasteiger partial charge on any atom is 0.419 e. The van der Waals surface area contributed by atoms with Gasteiger partial charge in [-0.05, 0) is 76.1 Å². The SMILES string of the molecule is C=C(C)C(=O)Oc1ccc2cc(C(C)(C)OC(C)(C)C(C)(O)C(F)(F)F)ccc2c1. The molecule has 0 saturated heterocycles. The third-order valence-corrected chi connectivity index (χ3v) is 5.30. The van der Waals surface area contributed by atoms with E-state index in [0.29, 0.717) is 18.2 Å². The Bertz CT molecular complexity index is 972. The summed E-state index contributed by atoms with van der Waals surface area (Å²) >= 11 is 0. The number of hydrogen-bond donors (Lipinski definition) is 1. The smallest absolute Gasteiger partial charge is 0.419 e. The summed E-state index contributed by atoms with van der Waals surface area (Å²) in [6, 6.07) is 10.3. The van der Waals surface area contributed by atoms with E-state index < -0.39 is 28.9 Å². The number of rotatable bonds is 6. The van der Waals surface area contributed by atoms with E-state index in [1.165, 1.54) is 13.8 Å². The summed E-state index contributed by atoms with van der Waals surface area (Å²) in [6.45, 7) is 11.5. The second kappa shape index (κ2) is 7.71. The van der Waals surface area contributed by atoms with Gasteiger partial charge in [-0.3, -0.25) is 0 Å². The van der Waals surface area contributed by atoms with E-state index in [4.69, 9.17) is 9.47 Å². The Morgan fingerprint density at radius 2 is 1.50 bits per heavy atom. The minimum atomic E-state index is -4.85. The van der Waals surface area contributed by atoms with E-state index in [0.717, 1.165) is 10.8 Å². The molecular formula is C23H27F3O4. The summed E-state index contributed by atoms with van der Waals surface area (Å²) in [4.78, 5) is 11.7. The molecule has 0 amide bonds. The van der Waals surface area contributed by atoms with Crippen LogP contribution in [-0.4, -0.2) is 28.5 Å². The van der Waals surface area contributed by atoms with Crippen LogP contribution in [0.3, 0.4) is 0 Å². The van der Waals surface area contributed by atoms with Crippen molar-refractivity contribution in [2.45, 2.75) is 64.5 Å². The van der Waals surface area contributed by atoms with Gasteiger partial charge >= 0.3 is 12.1 Å². The van der Waals surface area contributed by atoms with Crippen LogP contribution in [0.2, 0.25) is 0 Å². The van der Waals surface area contributed by atoms with Gasteiger partial charge in [-0.25, -0.2) is 4.79 Å². The number of ether oxygens (including phenoxy) is 2. The van der Waals surface area contributed by atoms with Crippen molar-refractivity contribution in [3.63, 3.8) is 0 Å². The molecule has 1 unspecified atom stereocenters. The highest BCUT2D eigenvalue weighted by Gasteiger charge is 2.61. The highest BCUT2D eigenvalue weighted by molar-refractivity contribution is 5.90. The van der Waals surface area contributed by atoms with Crippen LogP contribution < -0.4 is 4.74 Å². The molecule has 1 N–H and O–H groups in total. The molecule has 0 aliphatic carbocycles. The van der Waals surface area contributed by atoms with Gasteiger partial charge in [-0.15, -0.1) is 0 Å². The second-order valence-electron chi connectivity index (χ2n) is 8.59. The lowest BCUT2D eigenvalue weighted by atomic mass is 9.85. The molecule has 30 heavy (non-hydrogen) atoms. The van der Waals surface area contributed by atoms with Crippen LogP contribution in [0.1, 0.15) is 47.1 Å². The van der Waals surface area contributed by atoms with Crippen LogP contribution >= 0.6 is 0 Å². The molecule has 0 bridgehead atoms. The number of esters is 1. The first-order chi connectivity index (χ1) is 13.5. The van der Waals surface area contributed by atoms with Crippen molar-refractivity contribution in [1.29, 1.82) is 0 Å². The maximum atomic E-state index is 13.3. The van der Waals surface area contributed by atoms with Crippen LogP contribution in [0.25, 0.3) is 10.8 Å². The van der Waals surface area contributed by atoms with Gasteiger partial charge in [0.05, 0.1) is 5.60 Å². The number of hydrogen-bond acceptors (Lipinski definition) is 4. The molecule has 0 aromatic heterocycles. The molecule has 164 valence electrons. The zero-order chi connectivity index (χ0) is 23.1. The van der Waals surface area contributed by atoms with E-state index >= 15 is 0 Å². The zero-order valence-corrected chi connectivity index (χ0v) is 18.0. The van der Waals surface area contributed by atoms with Crippen LogP contribution in [0.4, 0.5) is 13.2 Å². The van der Waals surface area contributed by atoms with E-state index in [1.54, 1.807) is 57.2 Å². The molecule has 4 nitrogen and oxygen atoms in total. The molecule has 0 heterocycles. The number of fused-ring (bicyclic) bond motifs is 1. The average Bonchev–Trinajstić information content (AvgIpc) is 2.59. The third-order valence-electron chi connectivity index (χ3n) is 5.30. The third kappa shape index (κ3) is 4.68. The van der Waals surface area contributed by atoms with Crippen molar-refractivity contribution in [1.82, 2.24) is 0 Å². The van der Waals surface area contributed by atoms with Gasteiger partial charge in [0.1, 0.15) is 11.4 Å². The van der Waals surface area contributed by atoms with E-state index in [9.17, 15) is 23.1 Å². The first-order valence-corrected chi connectivity index (χ1v) is 9.39. The lowest BCUT2D eigenvalue weighted by molar-refractivity contribution is -0.328. The summed E-state index contributed by atoms with van der Waals surface area (Å²) in [7, 11) is 0. The summed E-state index contributed by atoms with van der Waals surface area (Å²) in [6.07, 6.45) is -4.85. The molecular weight excluding hydrogens is 397 g/mol. The lowest BCUT2D eigenvalue weighted by Gasteiger charge is -2.45. The summed E-state index contributed by atoms with van der Waals surface area (Å²) in [5, 5.41) is 11.7. The second-order valence-corrected chi connectivity index (χ2v) is 8.59. The first-order valence-electron chi connectivity index (χ1n) is 9.39. The van der Waals surface area contributed by atoms with Gasteiger partial charge < -0.3 is 14.6 Å². The number of carbonyl (C=O) groups is 1. The van der Waals surface area contributed by atoms with E-state index in [1.807, 2.05) is 0 Å². The fraction of sp³-hybridized carbons (Fsp3) is 0.435. The van der Waals surface area contributed by atoms with Gasteiger partial charge in [0.2, 0.25) is 0 Å². The fourth-order valence-electron chi connectivity index (χ4n) is 2.99. The number of halogens is 3. The van der Waals surface area contributed by atoms with Crippen molar-refractivity contribution in [3.8, 4) is 5.75 Å². The minimum Gasteiger partial charge on any atom is -0.423 e. The van der Waals surface area contributed by atoms with Crippen molar-refractivity contribution in [2.24, 2.45) is 0 Å². The van der Waals surface area contributed by atoms with Crippen LogP contribution in [-0.2, 0) is 15.1 Å². The fourth-order valence-corrected chi connectivity index (χ4v) is 2.99. The first kappa shape index (κ1) is 23.9. The highest BCUT2D eigenvalue weighted by atomic mass is 19.4. The predicted molar refractivity (Wildman–Crippen MR) is 109 cm³/mol. The number of benzene rings is 2. The molecule has 2 aromatic carbocycles. The molecule has 0 saturated carbocycles. The Kier molecular flexibility index (Phi) is 6.14. The molecule has 0 aliphatic rings. The zero-order valence-electron chi connectivity index (χ0n) is 18.0. The quantitative estimate of drug-likeness (QED) is 0.369. The van der Waals surface area contributed by atoms with Crippen LogP contribution in [0.5, 0.6) is 5.75 Å². The topological polar surface area (TPSA) is 55.8 Å². The van der Waals surface area contributed by atoms with Gasteiger partial charge in [0, 0.05) is 5.57 Å². The van der Waals surface area contributed by atoms with Crippen LogP contribution in [0, 0.1) is 0 Å². The normalized spacial score (nSPS) is 15.0. The van der Waals surface area contributed by atoms with Crippen molar-refractivity contribution >= 4 is 16.7 Å². The Hall–Kier alpha value is -2.38. The molecule has 0 radical (unpaired) electrons. The highest BCUT2D eigenvalue weighted by Crippen LogP contribution is 2.44. The number of carbonyl (C=O) groups excluding carboxylic acids is 1. The summed E-state index contributed by atoms with van der Waals surface area (Å²) in [5.74, 6) is -0.166. The maximum absolute atomic E-state index is 13.3. The van der Waals surface area contributed by atoms with Gasteiger partial charge in [0.25, 0.3) is 0 Å². The molecule has 2 rings (SSSR count). The van der Waals surface area contributed by atoms with Crippen molar-refractivity contribution in [2.75, 3.05) is 0 Å². The van der Waals surface area contributed by atoms with Crippen LogP contribution in [0.15, 0.2) is 48.6 Å². The standard InChI is InChI=1S/C23H27F3O4/c1-14(2)19(27)29-18-11-9-15-12-17(10-8-16(15)13-18)20(3,4)30-21(5,6)22(7,28)23(24,25)26/h8-13,28H,1H2,2-7H3. The van der Waals surface area contributed by atoms with E-state index in [2.05, 4.69) is 6.58 Å². The minimum absolute atomic E-state index is 0.279. The van der Waals surface area contributed by atoms with Crippen molar-refractivity contribution in [3.05, 3.63) is 54.1 Å². The Morgan fingerprint density at radius 3 is 2.03 bits per heavy atom. The molecule has 0 spiro atoms. The van der Waals surface area contributed by atoms with E-state index in [-0.39, 0.29) is 5.57 Å². The van der Waals surface area contributed by atoms with Gasteiger partial charge in [-0.1, -0.05) is 24.8 Å².